The Morgan fingerprint density at radius 1 is 1.07 bits per heavy atom. The minimum absolute atomic E-state index is 0.133. The van der Waals surface area contributed by atoms with E-state index in [0.717, 1.165) is 32.2 Å². The second-order valence-electron chi connectivity index (χ2n) is 6.62. The first-order valence-electron chi connectivity index (χ1n) is 8.89. The van der Waals surface area contributed by atoms with Crippen molar-refractivity contribution in [3.05, 3.63) is 59.0 Å². The van der Waals surface area contributed by atoms with E-state index in [4.69, 9.17) is 0 Å². The van der Waals surface area contributed by atoms with Crippen LogP contribution in [-0.4, -0.2) is 56.1 Å². The van der Waals surface area contributed by atoms with Gasteiger partial charge < -0.3 is 10.2 Å². The molecule has 27 heavy (non-hydrogen) atoms. The molecule has 1 aliphatic heterocycles. The van der Waals surface area contributed by atoms with Gasteiger partial charge in [-0.2, -0.15) is 0 Å². The molecule has 0 saturated carbocycles. The fourth-order valence-corrected chi connectivity index (χ4v) is 3.05. The fourth-order valence-electron chi connectivity index (χ4n) is 3.05. The molecule has 1 fully saturated rings. The normalized spacial score (nSPS) is 15.5. The highest BCUT2D eigenvalue weighted by Gasteiger charge is 2.17. The SMILES string of the molecule is CN1CCN(CCN(N=O)c2ccccc2Nc2ccc(F)cc2F)CC1. The van der Waals surface area contributed by atoms with E-state index in [0.29, 0.717) is 24.5 Å². The molecule has 8 heteroatoms. The smallest absolute Gasteiger partial charge is 0.149 e. The topological polar surface area (TPSA) is 51.2 Å². The summed E-state index contributed by atoms with van der Waals surface area (Å²) in [5.41, 5.74) is 1.21. The predicted molar refractivity (Wildman–Crippen MR) is 103 cm³/mol. The molecule has 0 spiro atoms. The summed E-state index contributed by atoms with van der Waals surface area (Å²) in [6.07, 6.45) is 0. The summed E-state index contributed by atoms with van der Waals surface area (Å²) in [6.45, 7) is 5.03. The Morgan fingerprint density at radius 3 is 2.52 bits per heavy atom. The molecule has 3 rings (SSSR count). The van der Waals surface area contributed by atoms with Crippen molar-refractivity contribution in [1.82, 2.24) is 9.80 Å². The maximum Gasteiger partial charge on any atom is 0.149 e. The molecule has 1 N–H and O–H groups in total. The summed E-state index contributed by atoms with van der Waals surface area (Å²) in [7, 11) is 2.09. The molecular formula is C19H23F2N5O. The van der Waals surface area contributed by atoms with E-state index in [1.807, 2.05) is 0 Å². The maximum absolute atomic E-state index is 14.0. The first-order chi connectivity index (χ1) is 13.1. The van der Waals surface area contributed by atoms with Crippen LogP contribution in [0.2, 0.25) is 0 Å². The van der Waals surface area contributed by atoms with Crippen LogP contribution in [0.25, 0.3) is 0 Å². The van der Waals surface area contributed by atoms with Gasteiger partial charge in [-0.1, -0.05) is 12.1 Å². The number of anilines is 3. The van der Waals surface area contributed by atoms with Crippen molar-refractivity contribution in [3.8, 4) is 0 Å². The third-order valence-corrected chi connectivity index (χ3v) is 4.71. The monoisotopic (exact) mass is 375 g/mol. The lowest BCUT2D eigenvalue weighted by atomic mass is 10.2. The van der Waals surface area contributed by atoms with E-state index in [1.54, 1.807) is 24.3 Å². The molecule has 1 saturated heterocycles. The summed E-state index contributed by atoms with van der Waals surface area (Å²) in [5.74, 6) is -1.34. The number of likely N-dealkylation sites (N-methyl/N-ethyl adjacent to an activating group) is 1. The molecule has 0 amide bonds. The predicted octanol–water partition coefficient (Wildman–Crippen LogP) is 3.44. The van der Waals surface area contributed by atoms with Crippen LogP contribution in [0.3, 0.4) is 0 Å². The molecule has 6 nitrogen and oxygen atoms in total. The second kappa shape index (κ2) is 8.88. The van der Waals surface area contributed by atoms with Crippen molar-refractivity contribution in [2.45, 2.75) is 0 Å². The molecule has 1 aliphatic rings. The van der Waals surface area contributed by atoms with E-state index in [9.17, 15) is 13.7 Å². The van der Waals surface area contributed by atoms with E-state index < -0.39 is 11.6 Å². The number of para-hydroxylation sites is 2. The Balaban J connectivity index is 1.71. The van der Waals surface area contributed by atoms with Gasteiger partial charge in [-0.05, 0) is 31.3 Å². The summed E-state index contributed by atoms with van der Waals surface area (Å²) in [4.78, 5) is 16.0. The fraction of sp³-hybridized carbons (Fsp3) is 0.368. The van der Waals surface area contributed by atoms with Crippen molar-refractivity contribution >= 4 is 17.1 Å². The van der Waals surface area contributed by atoms with Crippen LogP contribution in [0.5, 0.6) is 0 Å². The van der Waals surface area contributed by atoms with Crippen molar-refractivity contribution in [2.24, 2.45) is 5.29 Å². The highest BCUT2D eigenvalue weighted by Crippen LogP contribution is 2.30. The van der Waals surface area contributed by atoms with Crippen LogP contribution in [0.4, 0.5) is 25.8 Å². The van der Waals surface area contributed by atoms with Gasteiger partial charge in [-0.15, -0.1) is 4.91 Å². The zero-order valence-corrected chi connectivity index (χ0v) is 15.2. The van der Waals surface area contributed by atoms with Crippen molar-refractivity contribution in [1.29, 1.82) is 0 Å². The highest BCUT2D eigenvalue weighted by atomic mass is 19.1. The van der Waals surface area contributed by atoms with Gasteiger partial charge in [0.05, 0.1) is 28.9 Å². The zero-order chi connectivity index (χ0) is 19.2. The quantitative estimate of drug-likeness (QED) is 0.593. The molecular weight excluding hydrogens is 352 g/mol. The Bertz CT molecular complexity index is 780. The van der Waals surface area contributed by atoms with Gasteiger partial charge in [-0.3, -0.25) is 4.90 Å². The van der Waals surface area contributed by atoms with Gasteiger partial charge in [0.15, 0.2) is 0 Å². The Kier molecular flexibility index (Phi) is 6.31. The lowest BCUT2D eigenvalue weighted by Gasteiger charge is -2.33. The molecule has 0 bridgehead atoms. The van der Waals surface area contributed by atoms with Gasteiger partial charge in [-0.25, -0.2) is 13.8 Å². The van der Waals surface area contributed by atoms with E-state index >= 15 is 0 Å². The minimum Gasteiger partial charge on any atom is -0.351 e. The van der Waals surface area contributed by atoms with Crippen molar-refractivity contribution in [2.75, 3.05) is 56.6 Å². The van der Waals surface area contributed by atoms with Crippen LogP contribution in [0.15, 0.2) is 47.8 Å². The number of piperazine rings is 1. The van der Waals surface area contributed by atoms with Gasteiger partial charge >= 0.3 is 0 Å². The highest BCUT2D eigenvalue weighted by molar-refractivity contribution is 5.75. The van der Waals surface area contributed by atoms with Gasteiger partial charge in [0.2, 0.25) is 0 Å². The molecule has 0 radical (unpaired) electrons. The average molecular weight is 375 g/mol. The summed E-state index contributed by atoms with van der Waals surface area (Å²) in [6, 6.07) is 10.4. The number of nitrogens with one attached hydrogen (secondary N) is 1. The van der Waals surface area contributed by atoms with E-state index in [2.05, 4.69) is 27.5 Å². The number of halogens is 2. The molecule has 2 aromatic rings. The van der Waals surface area contributed by atoms with Gasteiger partial charge in [0, 0.05) is 38.8 Å². The first-order valence-corrected chi connectivity index (χ1v) is 8.89. The molecule has 0 aliphatic carbocycles. The van der Waals surface area contributed by atoms with Crippen LogP contribution >= 0.6 is 0 Å². The maximum atomic E-state index is 14.0. The minimum atomic E-state index is -0.701. The zero-order valence-electron chi connectivity index (χ0n) is 15.2. The van der Waals surface area contributed by atoms with Crippen LogP contribution in [-0.2, 0) is 0 Å². The number of hydrogen-bond donors (Lipinski definition) is 1. The van der Waals surface area contributed by atoms with Crippen LogP contribution < -0.4 is 10.3 Å². The molecule has 0 aromatic heterocycles. The Morgan fingerprint density at radius 2 is 1.81 bits per heavy atom. The lowest BCUT2D eigenvalue weighted by molar-refractivity contribution is 0.157. The Hall–Kier alpha value is -2.58. The Labute approximate surface area is 157 Å². The number of hydrogen-bond acceptors (Lipinski definition) is 5. The number of rotatable bonds is 7. The van der Waals surface area contributed by atoms with Crippen molar-refractivity contribution < 1.29 is 8.78 Å². The van der Waals surface area contributed by atoms with E-state index in [-0.39, 0.29) is 5.69 Å². The molecule has 1 heterocycles. The molecule has 144 valence electrons. The number of benzene rings is 2. The van der Waals surface area contributed by atoms with E-state index in [1.165, 1.54) is 17.1 Å². The number of nitrogens with zero attached hydrogens (tertiary/aromatic N) is 4. The van der Waals surface area contributed by atoms with Crippen molar-refractivity contribution in [3.63, 3.8) is 0 Å². The lowest BCUT2D eigenvalue weighted by Crippen LogP contribution is -2.46. The molecule has 0 atom stereocenters. The summed E-state index contributed by atoms with van der Waals surface area (Å²) in [5, 5.41) is 7.44. The second-order valence-corrected chi connectivity index (χ2v) is 6.62. The standard InChI is InChI=1S/C19H23F2N5O/c1-24-8-10-25(11-9-24)12-13-26(23-27)19-5-3-2-4-18(19)22-17-7-6-15(20)14-16(17)21/h2-7,14,22H,8-13H2,1H3. The van der Waals surface area contributed by atoms with Crippen LogP contribution in [0, 0.1) is 16.5 Å². The van der Waals surface area contributed by atoms with Gasteiger partial charge in [0.1, 0.15) is 11.6 Å². The van der Waals surface area contributed by atoms with Crippen LogP contribution in [0.1, 0.15) is 0 Å². The number of nitroso groups, excluding NO2 is 1. The first kappa shape index (κ1) is 19.2. The molecule has 2 aromatic carbocycles. The summed E-state index contributed by atoms with van der Waals surface area (Å²) >= 11 is 0. The summed E-state index contributed by atoms with van der Waals surface area (Å²) < 4.78 is 27.1. The third kappa shape index (κ3) is 4.99. The third-order valence-electron chi connectivity index (χ3n) is 4.71. The molecule has 0 unspecified atom stereocenters. The van der Waals surface area contributed by atoms with Gasteiger partial charge in [0.25, 0.3) is 0 Å². The average Bonchev–Trinajstić information content (AvgIpc) is 2.67. The largest absolute Gasteiger partial charge is 0.351 e.